The Morgan fingerprint density at radius 1 is 1.27 bits per heavy atom. The van der Waals surface area contributed by atoms with Crippen LogP contribution in [0.4, 0.5) is 0 Å². The summed E-state index contributed by atoms with van der Waals surface area (Å²) in [7, 11) is 0. The standard InChI is InChI=1S/C10H21Br/c1-4-6-7-10(11)8-9(3)5-2/h9-10H,4-8H2,1-3H3. The second-order valence-corrected chi connectivity index (χ2v) is 4.78. The van der Waals surface area contributed by atoms with Crippen molar-refractivity contribution < 1.29 is 0 Å². The molecule has 0 rings (SSSR count). The molecule has 0 heterocycles. The van der Waals surface area contributed by atoms with Crippen LogP contribution in [0.1, 0.15) is 52.9 Å². The first-order chi connectivity index (χ1) is 5.20. The van der Waals surface area contributed by atoms with Crippen molar-refractivity contribution in [1.82, 2.24) is 0 Å². The SMILES string of the molecule is CCCCC(Br)CC(C)CC. The van der Waals surface area contributed by atoms with Crippen molar-refractivity contribution in [2.24, 2.45) is 5.92 Å². The molecule has 0 nitrogen and oxygen atoms in total. The third-order valence-electron chi connectivity index (χ3n) is 2.23. The summed E-state index contributed by atoms with van der Waals surface area (Å²) in [5.41, 5.74) is 0. The average Bonchev–Trinajstić information content (AvgIpc) is 2.00. The maximum Gasteiger partial charge on any atom is 0.0148 e. The fourth-order valence-electron chi connectivity index (χ4n) is 1.15. The lowest BCUT2D eigenvalue weighted by Gasteiger charge is -2.13. The van der Waals surface area contributed by atoms with E-state index >= 15 is 0 Å². The molecule has 0 aliphatic rings. The maximum atomic E-state index is 3.72. The minimum atomic E-state index is 0.761. The highest BCUT2D eigenvalue weighted by Crippen LogP contribution is 2.20. The van der Waals surface area contributed by atoms with Gasteiger partial charge in [-0.25, -0.2) is 0 Å². The van der Waals surface area contributed by atoms with Gasteiger partial charge >= 0.3 is 0 Å². The first-order valence-electron chi connectivity index (χ1n) is 4.84. The van der Waals surface area contributed by atoms with Crippen LogP contribution in [-0.2, 0) is 0 Å². The zero-order valence-electron chi connectivity index (χ0n) is 8.07. The van der Waals surface area contributed by atoms with Gasteiger partial charge in [-0.05, 0) is 18.8 Å². The zero-order chi connectivity index (χ0) is 8.69. The fraction of sp³-hybridized carbons (Fsp3) is 1.00. The molecule has 0 amide bonds. The van der Waals surface area contributed by atoms with Gasteiger partial charge in [-0.15, -0.1) is 0 Å². The molecule has 0 saturated heterocycles. The quantitative estimate of drug-likeness (QED) is 0.584. The van der Waals surface area contributed by atoms with E-state index in [-0.39, 0.29) is 0 Å². The Hall–Kier alpha value is 0.480. The Morgan fingerprint density at radius 2 is 1.91 bits per heavy atom. The summed E-state index contributed by atoms with van der Waals surface area (Å²) in [5.74, 6) is 0.885. The minimum Gasteiger partial charge on any atom is -0.0891 e. The van der Waals surface area contributed by atoms with Crippen molar-refractivity contribution >= 4 is 15.9 Å². The summed E-state index contributed by atoms with van der Waals surface area (Å²) in [6.07, 6.45) is 6.69. The fourth-order valence-corrected chi connectivity index (χ4v) is 2.11. The van der Waals surface area contributed by atoms with E-state index in [2.05, 4.69) is 36.7 Å². The number of halogens is 1. The number of rotatable bonds is 6. The minimum absolute atomic E-state index is 0.761. The molecule has 0 spiro atoms. The largest absolute Gasteiger partial charge is 0.0891 e. The molecule has 0 saturated carbocycles. The predicted molar refractivity (Wildman–Crippen MR) is 56.3 cm³/mol. The zero-order valence-corrected chi connectivity index (χ0v) is 9.65. The molecule has 11 heavy (non-hydrogen) atoms. The van der Waals surface area contributed by atoms with Crippen LogP contribution in [0.15, 0.2) is 0 Å². The second-order valence-electron chi connectivity index (χ2n) is 3.49. The van der Waals surface area contributed by atoms with E-state index in [0.717, 1.165) is 10.7 Å². The van der Waals surface area contributed by atoms with E-state index in [1.54, 1.807) is 0 Å². The van der Waals surface area contributed by atoms with Crippen LogP contribution in [-0.4, -0.2) is 4.83 Å². The molecule has 0 aromatic carbocycles. The molecule has 0 bridgehead atoms. The van der Waals surface area contributed by atoms with Gasteiger partial charge < -0.3 is 0 Å². The molecule has 1 heteroatoms. The van der Waals surface area contributed by atoms with Crippen LogP contribution < -0.4 is 0 Å². The van der Waals surface area contributed by atoms with Crippen LogP contribution in [0, 0.1) is 5.92 Å². The van der Waals surface area contributed by atoms with Gasteiger partial charge in [0.25, 0.3) is 0 Å². The van der Waals surface area contributed by atoms with Crippen molar-refractivity contribution in [2.45, 2.75) is 57.7 Å². The predicted octanol–water partition coefficient (Wildman–Crippen LogP) is 4.38. The lowest BCUT2D eigenvalue weighted by Crippen LogP contribution is -2.04. The van der Waals surface area contributed by atoms with Crippen molar-refractivity contribution in [1.29, 1.82) is 0 Å². The Morgan fingerprint density at radius 3 is 2.36 bits per heavy atom. The van der Waals surface area contributed by atoms with Gasteiger partial charge in [-0.2, -0.15) is 0 Å². The van der Waals surface area contributed by atoms with Crippen molar-refractivity contribution in [3.8, 4) is 0 Å². The second kappa shape index (κ2) is 7.15. The Labute approximate surface area is 79.9 Å². The molecule has 0 aromatic heterocycles. The first-order valence-corrected chi connectivity index (χ1v) is 5.76. The third kappa shape index (κ3) is 6.86. The van der Waals surface area contributed by atoms with Gasteiger partial charge in [0, 0.05) is 4.83 Å². The molecule has 0 aromatic rings. The third-order valence-corrected chi connectivity index (χ3v) is 3.06. The van der Waals surface area contributed by atoms with Crippen LogP contribution >= 0.6 is 15.9 Å². The highest BCUT2D eigenvalue weighted by atomic mass is 79.9. The van der Waals surface area contributed by atoms with Gasteiger partial charge in [0.15, 0.2) is 0 Å². The van der Waals surface area contributed by atoms with Crippen LogP contribution in [0.3, 0.4) is 0 Å². The summed E-state index contributed by atoms with van der Waals surface area (Å²) in [4.78, 5) is 0.761. The molecule has 2 atom stereocenters. The molecule has 0 radical (unpaired) electrons. The van der Waals surface area contributed by atoms with Crippen molar-refractivity contribution in [3.63, 3.8) is 0 Å². The first kappa shape index (κ1) is 11.5. The molecule has 0 fully saturated rings. The van der Waals surface area contributed by atoms with Gasteiger partial charge in [-0.3, -0.25) is 0 Å². The molecule has 68 valence electrons. The van der Waals surface area contributed by atoms with Gasteiger partial charge in [0.2, 0.25) is 0 Å². The van der Waals surface area contributed by atoms with E-state index in [1.165, 1.54) is 32.1 Å². The summed E-state index contributed by atoms with van der Waals surface area (Å²) >= 11 is 3.72. The van der Waals surface area contributed by atoms with E-state index < -0.39 is 0 Å². The van der Waals surface area contributed by atoms with Crippen LogP contribution in [0.5, 0.6) is 0 Å². The number of alkyl halides is 1. The lowest BCUT2D eigenvalue weighted by molar-refractivity contribution is 0.490. The summed E-state index contributed by atoms with van der Waals surface area (Å²) in [6.45, 7) is 6.85. The van der Waals surface area contributed by atoms with E-state index in [4.69, 9.17) is 0 Å². The number of hydrogen-bond donors (Lipinski definition) is 0. The summed E-state index contributed by atoms with van der Waals surface area (Å²) in [6, 6.07) is 0. The molecule has 0 aliphatic carbocycles. The molecule has 0 aliphatic heterocycles. The topological polar surface area (TPSA) is 0 Å². The molecular formula is C10H21Br. The molecular weight excluding hydrogens is 200 g/mol. The maximum absolute atomic E-state index is 3.72. The summed E-state index contributed by atoms with van der Waals surface area (Å²) in [5, 5.41) is 0. The average molecular weight is 221 g/mol. The van der Waals surface area contributed by atoms with E-state index in [9.17, 15) is 0 Å². The van der Waals surface area contributed by atoms with Crippen molar-refractivity contribution in [3.05, 3.63) is 0 Å². The normalized spacial score (nSPS) is 16.4. The Kier molecular flexibility index (Phi) is 7.46. The summed E-state index contributed by atoms with van der Waals surface area (Å²) < 4.78 is 0. The smallest absolute Gasteiger partial charge is 0.0148 e. The van der Waals surface area contributed by atoms with Gasteiger partial charge in [0.1, 0.15) is 0 Å². The van der Waals surface area contributed by atoms with Crippen LogP contribution in [0.25, 0.3) is 0 Å². The van der Waals surface area contributed by atoms with Gasteiger partial charge in [-0.1, -0.05) is 56.0 Å². The van der Waals surface area contributed by atoms with Crippen molar-refractivity contribution in [2.75, 3.05) is 0 Å². The number of unbranched alkanes of at least 4 members (excludes halogenated alkanes) is 1. The highest BCUT2D eigenvalue weighted by molar-refractivity contribution is 9.09. The monoisotopic (exact) mass is 220 g/mol. The van der Waals surface area contributed by atoms with Crippen LogP contribution in [0.2, 0.25) is 0 Å². The highest BCUT2D eigenvalue weighted by Gasteiger charge is 2.07. The Balaban J connectivity index is 3.27. The molecule has 2 unspecified atom stereocenters. The van der Waals surface area contributed by atoms with Gasteiger partial charge in [0.05, 0.1) is 0 Å². The molecule has 0 N–H and O–H groups in total. The number of hydrogen-bond acceptors (Lipinski definition) is 0. The Bertz CT molecular complexity index is 80.9. The lowest BCUT2D eigenvalue weighted by atomic mass is 10.0. The van der Waals surface area contributed by atoms with E-state index in [1.807, 2.05) is 0 Å². The van der Waals surface area contributed by atoms with E-state index in [0.29, 0.717) is 0 Å².